The quantitative estimate of drug-likeness (QED) is 0.409. The number of pyridine rings is 1. The molecule has 2 aliphatic rings. The first-order valence-corrected chi connectivity index (χ1v) is 12.7. The molecule has 192 valence electrons. The smallest absolute Gasteiger partial charge is 0.410 e. The summed E-state index contributed by atoms with van der Waals surface area (Å²) in [6.07, 6.45) is 4.55. The number of carbonyl (C=O) groups is 1. The number of hydrogen-bond donors (Lipinski definition) is 0. The zero-order chi connectivity index (χ0) is 26.3. The average Bonchev–Trinajstić information content (AvgIpc) is 3.68. The number of anilines is 1. The average molecular weight is 523 g/mol. The summed E-state index contributed by atoms with van der Waals surface area (Å²) in [5.74, 6) is 0.327. The topological polar surface area (TPSA) is 75.8 Å². The van der Waals surface area contributed by atoms with Crippen molar-refractivity contribution < 1.29 is 13.9 Å². The summed E-state index contributed by atoms with van der Waals surface area (Å²) < 4.78 is 21.4. The molecule has 0 unspecified atom stereocenters. The van der Waals surface area contributed by atoms with E-state index in [1.807, 2.05) is 43.9 Å². The molecule has 1 aliphatic heterocycles. The number of halogens is 2. The van der Waals surface area contributed by atoms with Crippen LogP contribution in [0, 0.1) is 12.4 Å². The van der Waals surface area contributed by atoms with Crippen LogP contribution in [0.4, 0.5) is 15.0 Å². The van der Waals surface area contributed by atoms with E-state index in [-0.39, 0.29) is 17.8 Å². The lowest BCUT2D eigenvalue weighted by molar-refractivity contribution is 0.0156. The highest BCUT2D eigenvalue weighted by Gasteiger charge is 2.36. The predicted octanol–water partition coefficient (Wildman–Crippen LogP) is 5.71. The minimum absolute atomic E-state index is 0.119. The Hall–Kier alpha value is -3.51. The molecule has 2 aromatic heterocycles. The van der Waals surface area contributed by atoms with E-state index in [2.05, 4.69) is 19.8 Å². The van der Waals surface area contributed by atoms with Gasteiger partial charge in [-0.3, -0.25) is 9.88 Å². The van der Waals surface area contributed by atoms with Crippen LogP contribution in [0.3, 0.4) is 0 Å². The molecule has 0 radical (unpaired) electrons. The van der Waals surface area contributed by atoms with Crippen LogP contribution in [-0.4, -0.2) is 63.8 Å². The van der Waals surface area contributed by atoms with Gasteiger partial charge >= 0.3 is 6.09 Å². The van der Waals surface area contributed by atoms with Crippen molar-refractivity contribution in [3.63, 3.8) is 0 Å². The Balaban J connectivity index is 1.48. The van der Waals surface area contributed by atoms with Crippen molar-refractivity contribution >= 4 is 34.4 Å². The molecule has 10 heteroatoms. The third-order valence-corrected chi connectivity index (χ3v) is 6.94. The summed E-state index contributed by atoms with van der Waals surface area (Å²) in [5, 5.41) is 1.10. The van der Waals surface area contributed by atoms with Crippen molar-refractivity contribution in [3.8, 4) is 11.3 Å². The van der Waals surface area contributed by atoms with Crippen LogP contribution in [0.5, 0.6) is 0 Å². The maximum atomic E-state index is 15.9. The second kappa shape index (κ2) is 9.75. The second-order valence-corrected chi connectivity index (χ2v) is 10.9. The maximum absolute atomic E-state index is 15.9. The number of carbonyl (C=O) groups excluding carboxylic acids is 1. The summed E-state index contributed by atoms with van der Waals surface area (Å²) in [6, 6.07) is 5.09. The molecule has 1 saturated carbocycles. The number of rotatable bonds is 4. The lowest BCUT2D eigenvalue weighted by Gasteiger charge is -2.40. The van der Waals surface area contributed by atoms with Gasteiger partial charge < -0.3 is 14.5 Å². The van der Waals surface area contributed by atoms with Gasteiger partial charge in [-0.1, -0.05) is 23.7 Å². The van der Waals surface area contributed by atoms with E-state index in [1.54, 1.807) is 11.1 Å². The normalized spacial score (nSPS) is 18.1. The number of ether oxygens (including phenoxy) is 1. The lowest BCUT2D eigenvalue weighted by atomic mass is 9.99. The van der Waals surface area contributed by atoms with Gasteiger partial charge in [-0.15, -0.1) is 0 Å². The van der Waals surface area contributed by atoms with E-state index in [0.717, 1.165) is 18.4 Å². The monoisotopic (exact) mass is 522 g/mol. The SMILES string of the molecule is [C-]#[N+]C[C@H]1CN(c2ncnc3c(F)c(-c4cccc(Cl)c4C4CC4)ncc23)CCN1C(=O)OC(C)(C)C. The Kier molecular flexibility index (Phi) is 6.63. The molecule has 1 atom stereocenters. The summed E-state index contributed by atoms with van der Waals surface area (Å²) >= 11 is 6.48. The number of benzene rings is 1. The fourth-order valence-electron chi connectivity index (χ4n) is 4.82. The van der Waals surface area contributed by atoms with Crippen LogP contribution < -0.4 is 4.90 Å². The summed E-state index contributed by atoms with van der Waals surface area (Å²) in [4.78, 5) is 33.1. The van der Waals surface area contributed by atoms with Crippen molar-refractivity contribution in [2.24, 2.45) is 0 Å². The first-order chi connectivity index (χ1) is 17.7. The van der Waals surface area contributed by atoms with Crippen LogP contribution in [0.15, 0.2) is 30.7 Å². The van der Waals surface area contributed by atoms with Gasteiger partial charge in [-0.05, 0) is 51.2 Å². The van der Waals surface area contributed by atoms with Gasteiger partial charge in [0, 0.05) is 36.4 Å². The molecule has 2 fully saturated rings. The van der Waals surface area contributed by atoms with E-state index < -0.39 is 23.6 Å². The summed E-state index contributed by atoms with van der Waals surface area (Å²) in [6.45, 7) is 14.1. The minimum Gasteiger partial charge on any atom is -0.444 e. The van der Waals surface area contributed by atoms with E-state index in [9.17, 15) is 4.79 Å². The van der Waals surface area contributed by atoms with Gasteiger partial charge in [0.25, 0.3) is 0 Å². The first-order valence-electron chi connectivity index (χ1n) is 12.3. The zero-order valence-electron chi connectivity index (χ0n) is 21.0. The van der Waals surface area contributed by atoms with Crippen molar-refractivity contribution in [1.82, 2.24) is 19.9 Å². The molecule has 0 bridgehead atoms. The molecule has 1 aromatic carbocycles. The zero-order valence-corrected chi connectivity index (χ0v) is 21.8. The number of hydrogen-bond acceptors (Lipinski definition) is 6. The second-order valence-electron chi connectivity index (χ2n) is 10.5. The number of aromatic nitrogens is 3. The number of piperazine rings is 1. The molecule has 0 spiro atoms. The van der Waals surface area contributed by atoms with Crippen LogP contribution in [0.1, 0.15) is 45.1 Å². The van der Waals surface area contributed by atoms with Gasteiger partial charge in [0.2, 0.25) is 6.54 Å². The predicted molar refractivity (Wildman–Crippen MR) is 140 cm³/mol. The van der Waals surface area contributed by atoms with Crippen LogP contribution >= 0.6 is 11.6 Å². The van der Waals surface area contributed by atoms with Crippen LogP contribution in [0.25, 0.3) is 27.0 Å². The molecule has 1 saturated heterocycles. The minimum atomic E-state index is -0.636. The van der Waals surface area contributed by atoms with E-state index in [1.165, 1.54) is 6.33 Å². The molecule has 1 aliphatic carbocycles. The van der Waals surface area contributed by atoms with E-state index in [0.29, 0.717) is 47.3 Å². The molecule has 8 nitrogen and oxygen atoms in total. The van der Waals surface area contributed by atoms with E-state index in [4.69, 9.17) is 22.9 Å². The Morgan fingerprint density at radius 2 is 2.03 bits per heavy atom. The molecule has 3 heterocycles. The van der Waals surface area contributed by atoms with Crippen LogP contribution in [0.2, 0.25) is 5.02 Å². The molecular weight excluding hydrogens is 495 g/mol. The van der Waals surface area contributed by atoms with Gasteiger partial charge in [-0.25, -0.2) is 25.7 Å². The third kappa shape index (κ3) is 5.03. The standard InChI is InChI=1S/C27H28ClFN6O2/c1-27(2,3)37-26(36)35-11-10-34(14-17(35)12-30-4)25-19-13-31-23(22(29)24(19)32-15-33-25)18-6-5-7-20(28)21(18)16-8-9-16/h5-7,13,15-17H,8-12,14H2,1-3H3/t17-/m0/s1. The molecular formula is C27H28ClFN6O2. The van der Waals surface area contributed by atoms with Gasteiger partial charge in [-0.2, -0.15) is 0 Å². The number of nitrogens with zero attached hydrogens (tertiary/aromatic N) is 6. The highest BCUT2D eigenvalue weighted by atomic mass is 35.5. The Morgan fingerprint density at radius 1 is 1.24 bits per heavy atom. The highest BCUT2D eigenvalue weighted by molar-refractivity contribution is 6.31. The fourth-order valence-corrected chi connectivity index (χ4v) is 5.15. The van der Waals surface area contributed by atoms with Crippen molar-refractivity contribution in [1.29, 1.82) is 0 Å². The molecule has 5 rings (SSSR count). The van der Waals surface area contributed by atoms with Gasteiger partial charge in [0.1, 0.15) is 35.0 Å². The Labute approximate surface area is 220 Å². The maximum Gasteiger partial charge on any atom is 0.410 e. The largest absolute Gasteiger partial charge is 0.444 e. The number of amides is 1. The van der Waals surface area contributed by atoms with Crippen molar-refractivity contribution in [3.05, 3.63) is 58.5 Å². The summed E-state index contributed by atoms with van der Waals surface area (Å²) in [7, 11) is 0. The van der Waals surface area contributed by atoms with Crippen molar-refractivity contribution in [2.45, 2.75) is 51.2 Å². The van der Waals surface area contributed by atoms with Gasteiger partial charge in [0.05, 0.1) is 5.39 Å². The van der Waals surface area contributed by atoms with Crippen LogP contribution in [-0.2, 0) is 4.74 Å². The summed E-state index contributed by atoms with van der Waals surface area (Å²) in [5.41, 5.74) is 1.39. The first kappa shape index (κ1) is 25.2. The Morgan fingerprint density at radius 3 is 2.73 bits per heavy atom. The van der Waals surface area contributed by atoms with E-state index >= 15 is 4.39 Å². The van der Waals surface area contributed by atoms with Gasteiger partial charge in [0.15, 0.2) is 5.82 Å². The number of fused-ring (bicyclic) bond motifs is 1. The molecule has 0 N–H and O–H groups in total. The highest BCUT2D eigenvalue weighted by Crippen LogP contribution is 2.48. The molecule has 1 amide bonds. The molecule has 3 aromatic rings. The molecule has 37 heavy (non-hydrogen) atoms. The Bertz CT molecular complexity index is 1400. The third-order valence-electron chi connectivity index (χ3n) is 6.61. The fraction of sp³-hybridized carbons (Fsp3) is 0.444. The lowest BCUT2D eigenvalue weighted by Crippen LogP contribution is -2.57. The van der Waals surface area contributed by atoms with Crippen molar-refractivity contribution in [2.75, 3.05) is 31.1 Å².